The summed E-state index contributed by atoms with van der Waals surface area (Å²) in [7, 11) is 0. The molecule has 7 nitrogen and oxygen atoms in total. The van der Waals surface area contributed by atoms with Gasteiger partial charge in [0.15, 0.2) is 6.61 Å². The van der Waals surface area contributed by atoms with Crippen LogP contribution in [0.2, 0.25) is 0 Å². The number of carbonyl (C=O) groups excluding carboxylic acids is 2. The Kier molecular flexibility index (Phi) is 6.85. The quantitative estimate of drug-likeness (QED) is 0.523. The molecule has 0 radical (unpaired) electrons. The summed E-state index contributed by atoms with van der Waals surface area (Å²) in [5.74, 6) is 0.328. The van der Waals surface area contributed by atoms with E-state index in [0.717, 1.165) is 16.9 Å². The van der Waals surface area contributed by atoms with Crippen molar-refractivity contribution in [1.29, 1.82) is 0 Å². The Morgan fingerprint density at radius 1 is 1.07 bits per heavy atom. The summed E-state index contributed by atoms with van der Waals surface area (Å²) < 4.78 is 16.1. The van der Waals surface area contributed by atoms with Crippen LogP contribution in [0, 0.1) is 13.8 Å². The highest BCUT2D eigenvalue weighted by molar-refractivity contribution is 5.97. The van der Waals surface area contributed by atoms with Gasteiger partial charge in [-0.15, -0.1) is 0 Å². The van der Waals surface area contributed by atoms with Crippen LogP contribution in [-0.4, -0.2) is 30.2 Å². The third-order valence-corrected chi connectivity index (χ3v) is 4.65. The van der Waals surface area contributed by atoms with Crippen LogP contribution in [0.5, 0.6) is 5.75 Å². The first-order valence-electron chi connectivity index (χ1n) is 9.66. The van der Waals surface area contributed by atoms with E-state index in [0.29, 0.717) is 23.6 Å². The highest BCUT2D eigenvalue weighted by Crippen LogP contribution is 2.19. The fourth-order valence-electron chi connectivity index (χ4n) is 2.98. The van der Waals surface area contributed by atoms with E-state index < -0.39 is 5.97 Å². The molecule has 0 unspecified atom stereocenters. The number of para-hydroxylation sites is 1. The molecule has 0 spiro atoms. The Labute approximate surface area is 175 Å². The summed E-state index contributed by atoms with van der Waals surface area (Å²) in [5, 5.41) is 3.89. The second-order valence-electron chi connectivity index (χ2n) is 6.67. The number of ether oxygens (including phenoxy) is 2. The summed E-state index contributed by atoms with van der Waals surface area (Å²) in [4.78, 5) is 26.5. The number of esters is 1. The molecule has 3 aromatic rings. The number of rotatable bonds is 8. The number of aromatic nitrogens is 1. The molecule has 0 fully saturated rings. The van der Waals surface area contributed by atoms with Crippen LogP contribution in [0.4, 0.5) is 5.69 Å². The maximum atomic E-state index is 12.5. The number of aryl methyl sites for hydroxylation is 2. The van der Waals surface area contributed by atoms with E-state index in [-0.39, 0.29) is 19.1 Å². The van der Waals surface area contributed by atoms with Crippen LogP contribution >= 0.6 is 0 Å². The number of hydrogen-bond acceptors (Lipinski definition) is 6. The summed E-state index contributed by atoms with van der Waals surface area (Å²) in [6.45, 7) is 5.94. The Hall–Kier alpha value is -3.61. The molecule has 156 valence electrons. The molecule has 0 aliphatic carbocycles. The molecule has 7 heteroatoms. The van der Waals surface area contributed by atoms with Crippen molar-refractivity contribution in [2.75, 3.05) is 18.1 Å². The van der Waals surface area contributed by atoms with Gasteiger partial charge in [0, 0.05) is 12.2 Å². The second kappa shape index (κ2) is 9.73. The minimum Gasteiger partial charge on any atom is -0.489 e. The van der Waals surface area contributed by atoms with E-state index in [4.69, 9.17) is 14.0 Å². The Bertz CT molecular complexity index is 994. The number of nitrogens with zero attached hydrogens (tertiary/aromatic N) is 2. The van der Waals surface area contributed by atoms with Crippen molar-refractivity contribution >= 4 is 17.6 Å². The maximum absolute atomic E-state index is 12.5. The van der Waals surface area contributed by atoms with E-state index >= 15 is 0 Å². The zero-order chi connectivity index (χ0) is 21.5. The number of benzene rings is 2. The van der Waals surface area contributed by atoms with Gasteiger partial charge in [0.2, 0.25) is 0 Å². The van der Waals surface area contributed by atoms with Gasteiger partial charge < -0.3 is 18.9 Å². The monoisotopic (exact) mass is 408 g/mol. The molecule has 0 bridgehead atoms. The molecule has 3 rings (SSSR count). The fourth-order valence-corrected chi connectivity index (χ4v) is 2.98. The number of likely N-dealkylation sites (N-methyl/N-ethyl adjacent to an activating group) is 1. The highest BCUT2D eigenvalue weighted by Gasteiger charge is 2.17. The van der Waals surface area contributed by atoms with Gasteiger partial charge in [-0.2, -0.15) is 0 Å². The first kappa shape index (κ1) is 21.1. The van der Waals surface area contributed by atoms with Crippen LogP contribution < -0.4 is 9.64 Å². The molecule has 0 saturated heterocycles. The predicted molar refractivity (Wildman–Crippen MR) is 112 cm³/mol. The topological polar surface area (TPSA) is 81.9 Å². The Balaban J connectivity index is 1.59. The SMILES string of the molecule is CCN(C(=O)COC(=O)c1cccc(OCc2c(C)noc2C)c1)c1ccccc1. The molecule has 2 aromatic carbocycles. The van der Waals surface area contributed by atoms with Crippen molar-refractivity contribution in [3.63, 3.8) is 0 Å². The summed E-state index contributed by atoms with van der Waals surface area (Å²) in [6, 6.07) is 15.9. The lowest BCUT2D eigenvalue weighted by Crippen LogP contribution is -2.34. The van der Waals surface area contributed by atoms with E-state index in [1.165, 1.54) is 0 Å². The van der Waals surface area contributed by atoms with Crippen molar-refractivity contribution in [1.82, 2.24) is 5.16 Å². The van der Waals surface area contributed by atoms with Crippen molar-refractivity contribution in [2.45, 2.75) is 27.4 Å². The van der Waals surface area contributed by atoms with Crippen molar-refractivity contribution < 1.29 is 23.6 Å². The standard InChI is InChI=1S/C23H24N2O5/c1-4-25(19-10-6-5-7-11-19)22(26)15-29-23(27)18-9-8-12-20(13-18)28-14-21-16(2)24-30-17(21)3/h5-13H,4,14-15H2,1-3H3. The molecule has 1 heterocycles. The zero-order valence-corrected chi connectivity index (χ0v) is 17.3. The van der Waals surface area contributed by atoms with Crippen LogP contribution in [0.15, 0.2) is 59.1 Å². The third-order valence-electron chi connectivity index (χ3n) is 4.65. The van der Waals surface area contributed by atoms with Gasteiger partial charge in [0.05, 0.1) is 16.8 Å². The summed E-state index contributed by atoms with van der Waals surface area (Å²) >= 11 is 0. The average Bonchev–Trinajstić information content (AvgIpc) is 3.09. The van der Waals surface area contributed by atoms with Crippen LogP contribution in [0.25, 0.3) is 0 Å². The first-order chi connectivity index (χ1) is 14.5. The van der Waals surface area contributed by atoms with Gasteiger partial charge in [0.1, 0.15) is 18.1 Å². The molecule has 0 atom stereocenters. The van der Waals surface area contributed by atoms with Crippen LogP contribution in [0.3, 0.4) is 0 Å². The minimum atomic E-state index is -0.588. The lowest BCUT2D eigenvalue weighted by atomic mass is 10.2. The molecular formula is C23H24N2O5. The van der Waals surface area contributed by atoms with Gasteiger partial charge in [-0.05, 0) is 51.1 Å². The maximum Gasteiger partial charge on any atom is 0.338 e. The lowest BCUT2D eigenvalue weighted by Gasteiger charge is -2.20. The van der Waals surface area contributed by atoms with E-state index in [2.05, 4.69) is 5.16 Å². The largest absolute Gasteiger partial charge is 0.489 e. The molecule has 1 amide bonds. The molecule has 1 aromatic heterocycles. The van der Waals surface area contributed by atoms with Gasteiger partial charge in [-0.3, -0.25) is 4.79 Å². The van der Waals surface area contributed by atoms with E-state index in [1.807, 2.05) is 51.1 Å². The number of hydrogen-bond donors (Lipinski definition) is 0. The van der Waals surface area contributed by atoms with Crippen LogP contribution in [0.1, 0.15) is 34.3 Å². The summed E-state index contributed by atoms with van der Waals surface area (Å²) in [5.41, 5.74) is 2.70. The first-order valence-corrected chi connectivity index (χ1v) is 9.66. The van der Waals surface area contributed by atoms with Gasteiger partial charge >= 0.3 is 5.97 Å². The fraction of sp³-hybridized carbons (Fsp3) is 0.261. The molecule has 0 saturated carbocycles. The molecule has 0 N–H and O–H groups in total. The van der Waals surface area contributed by atoms with Gasteiger partial charge in [-0.1, -0.05) is 29.4 Å². The van der Waals surface area contributed by atoms with Crippen molar-refractivity contribution in [2.24, 2.45) is 0 Å². The van der Waals surface area contributed by atoms with Gasteiger partial charge in [0.25, 0.3) is 5.91 Å². The summed E-state index contributed by atoms with van der Waals surface area (Å²) in [6.07, 6.45) is 0. The van der Waals surface area contributed by atoms with Gasteiger partial charge in [-0.25, -0.2) is 4.79 Å². The van der Waals surface area contributed by atoms with Crippen molar-refractivity contribution in [3.05, 3.63) is 77.2 Å². The third kappa shape index (κ3) is 5.05. The van der Waals surface area contributed by atoms with E-state index in [1.54, 1.807) is 29.2 Å². The second-order valence-corrected chi connectivity index (χ2v) is 6.67. The lowest BCUT2D eigenvalue weighted by molar-refractivity contribution is -0.121. The molecule has 0 aliphatic rings. The number of amides is 1. The Morgan fingerprint density at radius 3 is 2.50 bits per heavy atom. The molecule has 0 aliphatic heterocycles. The molecular weight excluding hydrogens is 384 g/mol. The van der Waals surface area contributed by atoms with Crippen molar-refractivity contribution in [3.8, 4) is 5.75 Å². The average molecular weight is 408 g/mol. The zero-order valence-electron chi connectivity index (χ0n) is 17.3. The predicted octanol–water partition coefficient (Wildman–Crippen LogP) is 4.08. The minimum absolute atomic E-state index is 0.278. The highest BCUT2D eigenvalue weighted by atomic mass is 16.5. The van der Waals surface area contributed by atoms with Crippen LogP contribution in [-0.2, 0) is 16.1 Å². The smallest absolute Gasteiger partial charge is 0.338 e. The van der Waals surface area contributed by atoms with E-state index in [9.17, 15) is 9.59 Å². The number of carbonyl (C=O) groups is 2. The molecule has 30 heavy (non-hydrogen) atoms. The normalized spacial score (nSPS) is 10.5. The number of anilines is 1. The Morgan fingerprint density at radius 2 is 1.83 bits per heavy atom.